The first-order valence-electron chi connectivity index (χ1n) is 10.1. The van der Waals surface area contributed by atoms with Crippen LogP contribution in [0.25, 0.3) is 17.1 Å². The molecule has 0 aliphatic carbocycles. The van der Waals surface area contributed by atoms with E-state index >= 15 is 0 Å². The van der Waals surface area contributed by atoms with Crippen molar-refractivity contribution in [2.24, 2.45) is 5.73 Å². The quantitative estimate of drug-likeness (QED) is 0.326. The number of likely N-dealkylation sites (N-methyl/N-ethyl adjacent to an activating group) is 1. The third-order valence-electron chi connectivity index (χ3n) is 4.76. The zero-order valence-corrected chi connectivity index (χ0v) is 18.2. The summed E-state index contributed by atoms with van der Waals surface area (Å²) in [5.41, 5.74) is 6.93. The van der Waals surface area contributed by atoms with Crippen molar-refractivity contribution in [2.75, 3.05) is 18.5 Å². The number of aromatic nitrogens is 4. The average Bonchev–Trinajstić information content (AvgIpc) is 3.13. The Labute approximate surface area is 185 Å². The maximum atomic E-state index is 13.2. The Bertz CT molecular complexity index is 1280. The Morgan fingerprint density at radius 2 is 2.12 bits per heavy atom. The van der Waals surface area contributed by atoms with Crippen LogP contribution in [-0.4, -0.2) is 43.9 Å². The Morgan fingerprint density at radius 3 is 2.81 bits per heavy atom. The fraction of sp³-hybridized carbons (Fsp3) is 0.318. The Balaban J connectivity index is 1.99. The van der Waals surface area contributed by atoms with E-state index in [-0.39, 0.29) is 23.8 Å². The van der Waals surface area contributed by atoms with Gasteiger partial charge in [0.05, 0.1) is 29.8 Å². The lowest BCUT2D eigenvalue weighted by Crippen LogP contribution is -2.34. The molecule has 1 unspecified atom stereocenters. The number of imidazole rings is 1. The standard InChI is InChI=1S/C22H25N7O3/c1-4-5-12-27-20-18(25-22(27)26(3)15-16(2)23)14-24-28(21(20)30)13-8-10-17-9-6-7-11-19(17)29(31)32/h6-11,14,16H,12-13,15,23H2,1-3H3. The van der Waals surface area contributed by atoms with Crippen molar-refractivity contribution in [2.45, 2.75) is 33.0 Å². The van der Waals surface area contributed by atoms with Crippen molar-refractivity contribution in [1.82, 2.24) is 19.3 Å². The first-order valence-corrected chi connectivity index (χ1v) is 10.1. The zero-order chi connectivity index (χ0) is 23.3. The molecule has 0 saturated carbocycles. The molecule has 2 N–H and O–H groups in total. The summed E-state index contributed by atoms with van der Waals surface area (Å²) in [6.07, 6.45) is 4.81. The minimum Gasteiger partial charge on any atom is -0.344 e. The van der Waals surface area contributed by atoms with Crippen LogP contribution < -0.4 is 16.2 Å². The molecule has 0 radical (unpaired) electrons. The first-order chi connectivity index (χ1) is 15.3. The minimum atomic E-state index is -0.441. The molecule has 166 valence electrons. The predicted octanol–water partition coefficient (Wildman–Crippen LogP) is 2.02. The third-order valence-corrected chi connectivity index (χ3v) is 4.76. The van der Waals surface area contributed by atoms with Gasteiger partial charge in [-0.1, -0.05) is 30.2 Å². The van der Waals surface area contributed by atoms with Crippen molar-refractivity contribution in [3.05, 3.63) is 62.6 Å². The summed E-state index contributed by atoms with van der Waals surface area (Å²) in [6, 6.07) is 6.33. The van der Waals surface area contributed by atoms with Crippen LogP contribution in [0.2, 0.25) is 0 Å². The van der Waals surface area contributed by atoms with Gasteiger partial charge in [-0.05, 0) is 19.9 Å². The van der Waals surface area contributed by atoms with Crippen molar-refractivity contribution in [1.29, 1.82) is 0 Å². The first kappa shape index (κ1) is 22.7. The minimum absolute atomic E-state index is 0.00228. The number of nitrogens with two attached hydrogens (primary N) is 1. The van der Waals surface area contributed by atoms with E-state index in [0.29, 0.717) is 35.6 Å². The van der Waals surface area contributed by atoms with Crippen LogP contribution in [0.1, 0.15) is 19.4 Å². The normalized spacial score (nSPS) is 12.0. The third kappa shape index (κ3) is 4.84. The molecule has 0 saturated heterocycles. The van der Waals surface area contributed by atoms with Gasteiger partial charge >= 0.3 is 0 Å². The Hall–Kier alpha value is -3.97. The SMILES string of the molecule is CC#CCn1c(N(C)CC(C)N)nc2cnn(CC=Cc3ccccc3[N+](=O)[O-])c(=O)c21. The van der Waals surface area contributed by atoms with Crippen LogP contribution in [0, 0.1) is 22.0 Å². The highest BCUT2D eigenvalue weighted by atomic mass is 16.6. The van der Waals surface area contributed by atoms with Gasteiger partial charge in [-0.2, -0.15) is 5.10 Å². The summed E-state index contributed by atoms with van der Waals surface area (Å²) in [5.74, 6) is 6.42. The van der Waals surface area contributed by atoms with E-state index in [2.05, 4.69) is 21.9 Å². The lowest BCUT2D eigenvalue weighted by Gasteiger charge is -2.20. The molecular weight excluding hydrogens is 410 g/mol. The lowest BCUT2D eigenvalue weighted by molar-refractivity contribution is -0.385. The van der Waals surface area contributed by atoms with Gasteiger partial charge in [0, 0.05) is 25.7 Å². The van der Waals surface area contributed by atoms with E-state index in [4.69, 9.17) is 5.73 Å². The molecule has 0 aliphatic rings. The van der Waals surface area contributed by atoms with Gasteiger partial charge < -0.3 is 10.6 Å². The highest BCUT2D eigenvalue weighted by Gasteiger charge is 2.19. The summed E-state index contributed by atoms with van der Waals surface area (Å²) in [7, 11) is 1.86. The van der Waals surface area contributed by atoms with Crippen molar-refractivity contribution in [3.63, 3.8) is 0 Å². The number of hydrogen-bond donors (Lipinski definition) is 1. The van der Waals surface area contributed by atoms with Crippen molar-refractivity contribution < 1.29 is 4.92 Å². The second-order valence-corrected chi connectivity index (χ2v) is 7.37. The number of fused-ring (bicyclic) bond motifs is 1. The fourth-order valence-electron chi connectivity index (χ4n) is 3.39. The van der Waals surface area contributed by atoms with Crippen molar-refractivity contribution >= 4 is 28.7 Å². The van der Waals surface area contributed by atoms with Gasteiger partial charge in [-0.15, -0.1) is 5.92 Å². The molecule has 10 heteroatoms. The van der Waals surface area contributed by atoms with Crippen LogP contribution in [0.4, 0.5) is 11.6 Å². The molecule has 0 amide bonds. The number of nitro groups is 1. The summed E-state index contributed by atoms with van der Waals surface area (Å²) in [5, 5.41) is 15.4. The van der Waals surface area contributed by atoms with E-state index in [1.54, 1.807) is 41.8 Å². The molecule has 10 nitrogen and oxygen atoms in total. The number of nitrogens with zero attached hydrogens (tertiary/aromatic N) is 6. The topological polar surface area (TPSA) is 125 Å². The van der Waals surface area contributed by atoms with E-state index in [0.717, 1.165) is 0 Å². The van der Waals surface area contributed by atoms with Crippen LogP contribution in [-0.2, 0) is 13.1 Å². The van der Waals surface area contributed by atoms with E-state index in [9.17, 15) is 14.9 Å². The second kappa shape index (κ2) is 9.89. The maximum absolute atomic E-state index is 13.2. The van der Waals surface area contributed by atoms with Gasteiger partial charge in [0.25, 0.3) is 11.2 Å². The molecule has 2 aromatic heterocycles. The molecule has 32 heavy (non-hydrogen) atoms. The molecule has 3 rings (SSSR count). The monoisotopic (exact) mass is 435 g/mol. The number of allylic oxidation sites excluding steroid dienone is 1. The van der Waals surface area contributed by atoms with Gasteiger partial charge in [0.15, 0.2) is 0 Å². The molecular formula is C22H25N7O3. The van der Waals surface area contributed by atoms with Crippen molar-refractivity contribution in [3.8, 4) is 11.8 Å². The molecule has 1 aromatic carbocycles. The van der Waals surface area contributed by atoms with Crippen LogP contribution in [0.5, 0.6) is 0 Å². The van der Waals surface area contributed by atoms with E-state index in [1.165, 1.54) is 16.9 Å². The van der Waals surface area contributed by atoms with Crippen LogP contribution in [0.3, 0.4) is 0 Å². The second-order valence-electron chi connectivity index (χ2n) is 7.37. The Kier molecular flexibility index (Phi) is 7.02. The smallest absolute Gasteiger partial charge is 0.293 e. The number of hydrogen-bond acceptors (Lipinski definition) is 7. The Morgan fingerprint density at radius 1 is 1.38 bits per heavy atom. The van der Waals surface area contributed by atoms with Gasteiger partial charge in [0.2, 0.25) is 5.95 Å². The molecule has 1 atom stereocenters. The summed E-state index contributed by atoms with van der Waals surface area (Å²) in [6.45, 7) is 4.64. The summed E-state index contributed by atoms with van der Waals surface area (Å²) < 4.78 is 3.06. The summed E-state index contributed by atoms with van der Waals surface area (Å²) in [4.78, 5) is 30.4. The predicted molar refractivity (Wildman–Crippen MR) is 124 cm³/mol. The number of nitro benzene ring substituents is 1. The number of rotatable bonds is 8. The van der Waals surface area contributed by atoms with Gasteiger partial charge in [0.1, 0.15) is 11.0 Å². The van der Waals surface area contributed by atoms with Gasteiger partial charge in [-0.25, -0.2) is 9.67 Å². The van der Waals surface area contributed by atoms with E-state index in [1.807, 2.05) is 18.9 Å². The highest BCUT2D eigenvalue weighted by Crippen LogP contribution is 2.20. The molecule has 0 spiro atoms. The summed E-state index contributed by atoms with van der Waals surface area (Å²) >= 11 is 0. The van der Waals surface area contributed by atoms with E-state index < -0.39 is 4.92 Å². The largest absolute Gasteiger partial charge is 0.344 e. The molecule has 0 aliphatic heterocycles. The van der Waals surface area contributed by atoms with Crippen LogP contribution >= 0.6 is 0 Å². The number of benzene rings is 1. The lowest BCUT2D eigenvalue weighted by atomic mass is 10.1. The molecule has 0 fully saturated rings. The number of para-hydroxylation sites is 1. The average molecular weight is 435 g/mol. The maximum Gasteiger partial charge on any atom is 0.293 e. The fourth-order valence-corrected chi connectivity index (χ4v) is 3.39. The molecule has 2 heterocycles. The number of anilines is 1. The molecule has 0 bridgehead atoms. The highest BCUT2D eigenvalue weighted by molar-refractivity contribution is 5.77. The zero-order valence-electron chi connectivity index (χ0n) is 18.2. The molecule has 3 aromatic rings. The van der Waals surface area contributed by atoms with Crippen LogP contribution in [0.15, 0.2) is 41.3 Å². The van der Waals surface area contributed by atoms with Gasteiger partial charge in [-0.3, -0.25) is 19.5 Å².